The van der Waals surface area contributed by atoms with E-state index >= 15 is 0 Å². The van der Waals surface area contributed by atoms with Gasteiger partial charge in [-0.05, 0) is 59.0 Å². The Bertz CT molecular complexity index is 852. The number of hydrogen-bond donors (Lipinski definition) is 1. The van der Waals surface area contributed by atoms with Crippen molar-refractivity contribution in [2.75, 3.05) is 18.2 Å². The van der Waals surface area contributed by atoms with Crippen LogP contribution in [0.4, 0.5) is 5.69 Å². The zero-order valence-corrected chi connectivity index (χ0v) is 14.8. The van der Waals surface area contributed by atoms with Crippen LogP contribution in [0.15, 0.2) is 53.7 Å². The highest BCUT2D eigenvalue weighted by molar-refractivity contribution is 7.99. The van der Waals surface area contributed by atoms with Gasteiger partial charge in [-0.2, -0.15) is 4.68 Å². The third-order valence-corrected chi connectivity index (χ3v) is 4.39. The fourth-order valence-corrected chi connectivity index (χ4v) is 2.83. The number of halogens is 1. The molecule has 0 aliphatic heterocycles. The number of carbonyl (C=O) groups excluding carboxylic acids is 1. The maximum atomic E-state index is 12.1. The Labute approximate surface area is 153 Å². The van der Waals surface area contributed by atoms with Gasteiger partial charge in [-0.15, -0.1) is 5.10 Å². The van der Waals surface area contributed by atoms with Gasteiger partial charge in [-0.1, -0.05) is 23.4 Å². The Morgan fingerprint density at radius 2 is 1.92 bits per heavy atom. The zero-order valence-electron chi connectivity index (χ0n) is 13.2. The molecule has 3 rings (SSSR count). The van der Waals surface area contributed by atoms with Crippen LogP contribution in [0, 0.1) is 0 Å². The molecule has 0 unspecified atom stereocenters. The van der Waals surface area contributed by atoms with E-state index < -0.39 is 0 Å². The number of rotatable bonds is 6. The van der Waals surface area contributed by atoms with Crippen LogP contribution in [-0.4, -0.2) is 39.0 Å². The summed E-state index contributed by atoms with van der Waals surface area (Å²) in [7, 11) is 1.60. The van der Waals surface area contributed by atoms with E-state index in [4.69, 9.17) is 16.3 Å². The Kier molecular flexibility index (Phi) is 5.52. The van der Waals surface area contributed by atoms with E-state index in [0.717, 1.165) is 11.4 Å². The second-order valence-electron chi connectivity index (χ2n) is 4.92. The highest BCUT2D eigenvalue weighted by Gasteiger charge is 2.12. The molecule has 1 amide bonds. The summed E-state index contributed by atoms with van der Waals surface area (Å²) in [6, 6.07) is 14.2. The van der Waals surface area contributed by atoms with E-state index in [1.54, 1.807) is 36.1 Å². The van der Waals surface area contributed by atoms with Gasteiger partial charge in [-0.3, -0.25) is 4.79 Å². The summed E-state index contributed by atoms with van der Waals surface area (Å²) in [5.74, 6) is 0.768. The van der Waals surface area contributed by atoms with E-state index in [1.165, 1.54) is 11.8 Å². The number of nitrogens with zero attached hydrogens (tertiary/aromatic N) is 4. The standard InChI is InChI=1S/C16H14ClN5O2S/c1-24-14-8-6-13(7-9-14)22-16(19-20-21-22)25-10-15(23)18-12-4-2-11(17)3-5-12/h2-9H,10H2,1H3,(H,18,23). The molecule has 1 aromatic heterocycles. The first-order chi connectivity index (χ1) is 12.2. The van der Waals surface area contributed by atoms with Crippen molar-refractivity contribution in [1.29, 1.82) is 0 Å². The van der Waals surface area contributed by atoms with Crippen LogP contribution in [-0.2, 0) is 4.79 Å². The van der Waals surface area contributed by atoms with E-state index in [-0.39, 0.29) is 11.7 Å². The number of ether oxygens (including phenoxy) is 1. The number of benzene rings is 2. The fraction of sp³-hybridized carbons (Fsp3) is 0.125. The summed E-state index contributed by atoms with van der Waals surface area (Å²) in [5, 5.41) is 15.5. The molecule has 7 nitrogen and oxygen atoms in total. The molecule has 0 spiro atoms. The lowest BCUT2D eigenvalue weighted by Gasteiger charge is -2.06. The van der Waals surface area contributed by atoms with Gasteiger partial charge in [0.2, 0.25) is 11.1 Å². The molecule has 1 heterocycles. The number of methoxy groups -OCH3 is 1. The lowest BCUT2D eigenvalue weighted by Crippen LogP contribution is -2.14. The number of nitrogens with one attached hydrogen (secondary N) is 1. The van der Waals surface area contributed by atoms with Crippen LogP contribution in [0.2, 0.25) is 5.02 Å². The van der Waals surface area contributed by atoms with Crippen molar-refractivity contribution in [2.45, 2.75) is 5.16 Å². The van der Waals surface area contributed by atoms with E-state index in [9.17, 15) is 4.79 Å². The van der Waals surface area contributed by atoms with E-state index in [2.05, 4.69) is 20.8 Å². The van der Waals surface area contributed by atoms with Crippen molar-refractivity contribution in [1.82, 2.24) is 20.2 Å². The minimum atomic E-state index is -0.156. The van der Waals surface area contributed by atoms with Crippen LogP contribution in [0.25, 0.3) is 5.69 Å². The van der Waals surface area contributed by atoms with Gasteiger partial charge < -0.3 is 10.1 Å². The summed E-state index contributed by atoms with van der Waals surface area (Å²) >= 11 is 7.07. The van der Waals surface area contributed by atoms with Crippen molar-refractivity contribution in [3.8, 4) is 11.4 Å². The summed E-state index contributed by atoms with van der Waals surface area (Å²) < 4.78 is 6.70. The minimum Gasteiger partial charge on any atom is -0.497 e. The first-order valence-electron chi connectivity index (χ1n) is 7.27. The molecule has 0 bridgehead atoms. The SMILES string of the molecule is COc1ccc(-n2nnnc2SCC(=O)Nc2ccc(Cl)cc2)cc1. The molecule has 0 fully saturated rings. The Hall–Kier alpha value is -2.58. The molecular formula is C16H14ClN5O2S. The molecule has 3 aromatic rings. The Morgan fingerprint density at radius 1 is 1.20 bits per heavy atom. The number of carbonyl (C=O) groups is 1. The predicted octanol–water partition coefficient (Wildman–Crippen LogP) is 3.06. The van der Waals surface area contributed by atoms with Crippen molar-refractivity contribution in [2.24, 2.45) is 0 Å². The minimum absolute atomic E-state index is 0.156. The highest BCUT2D eigenvalue weighted by Crippen LogP contribution is 2.21. The predicted molar refractivity (Wildman–Crippen MR) is 96.5 cm³/mol. The molecule has 0 aliphatic carbocycles. The summed E-state index contributed by atoms with van der Waals surface area (Å²) in [6.07, 6.45) is 0. The van der Waals surface area contributed by atoms with Crippen LogP contribution in [0.5, 0.6) is 5.75 Å². The number of amides is 1. The number of thioether (sulfide) groups is 1. The normalized spacial score (nSPS) is 10.5. The third-order valence-electron chi connectivity index (χ3n) is 3.22. The molecule has 0 aliphatic rings. The fourth-order valence-electron chi connectivity index (χ4n) is 2.01. The van der Waals surface area contributed by atoms with Gasteiger partial charge in [0.25, 0.3) is 0 Å². The van der Waals surface area contributed by atoms with Gasteiger partial charge in [0.05, 0.1) is 18.6 Å². The maximum Gasteiger partial charge on any atom is 0.234 e. The largest absolute Gasteiger partial charge is 0.497 e. The van der Waals surface area contributed by atoms with Gasteiger partial charge in [0, 0.05) is 10.7 Å². The zero-order chi connectivity index (χ0) is 17.6. The lowest BCUT2D eigenvalue weighted by atomic mass is 10.3. The molecule has 128 valence electrons. The Balaban J connectivity index is 1.62. The average molecular weight is 376 g/mol. The van der Waals surface area contributed by atoms with Crippen LogP contribution >= 0.6 is 23.4 Å². The molecule has 0 radical (unpaired) electrons. The number of aromatic nitrogens is 4. The maximum absolute atomic E-state index is 12.1. The molecule has 0 saturated carbocycles. The summed E-state index contributed by atoms with van der Waals surface area (Å²) in [6.45, 7) is 0. The average Bonchev–Trinajstić information content (AvgIpc) is 3.10. The van der Waals surface area contributed by atoms with Crippen molar-refractivity contribution in [3.05, 3.63) is 53.6 Å². The van der Waals surface area contributed by atoms with Gasteiger partial charge in [0.15, 0.2) is 0 Å². The smallest absolute Gasteiger partial charge is 0.234 e. The molecule has 2 aromatic carbocycles. The summed E-state index contributed by atoms with van der Waals surface area (Å²) in [4.78, 5) is 12.1. The quantitative estimate of drug-likeness (QED) is 0.667. The lowest BCUT2D eigenvalue weighted by molar-refractivity contribution is -0.113. The molecular weight excluding hydrogens is 362 g/mol. The number of hydrogen-bond acceptors (Lipinski definition) is 6. The number of tetrazole rings is 1. The third kappa shape index (κ3) is 4.49. The topological polar surface area (TPSA) is 81.9 Å². The molecule has 0 atom stereocenters. The van der Waals surface area contributed by atoms with Gasteiger partial charge >= 0.3 is 0 Å². The molecule has 25 heavy (non-hydrogen) atoms. The first kappa shape index (κ1) is 17.2. The summed E-state index contributed by atoms with van der Waals surface area (Å²) in [5.41, 5.74) is 1.47. The van der Waals surface area contributed by atoms with Crippen LogP contribution in [0.3, 0.4) is 0 Å². The van der Waals surface area contributed by atoms with Crippen molar-refractivity contribution < 1.29 is 9.53 Å². The van der Waals surface area contributed by atoms with Crippen molar-refractivity contribution in [3.63, 3.8) is 0 Å². The van der Waals surface area contributed by atoms with E-state index in [1.807, 2.05) is 24.3 Å². The monoisotopic (exact) mass is 375 g/mol. The second-order valence-corrected chi connectivity index (χ2v) is 6.29. The second kappa shape index (κ2) is 8.00. The van der Waals surface area contributed by atoms with Gasteiger partial charge in [-0.25, -0.2) is 0 Å². The molecule has 0 saturated heterocycles. The number of anilines is 1. The van der Waals surface area contributed by atoms with Crippen LogP contribution < -0.4 is 10.1 Å². The molecule has 1 N–H and O–H groups in total. The van der Waals surface area contributed by atoms with E-state index in [0.29, 0.717) is 15.9 Å². The van der Waals surface area contributed by atoms with Gasteiger partial charge in [0.1, 0.15) is 5.75 Å². The van der Waals surface area contributed by atoms with Crippen molar-refractivity contribution >= 4 is 35.0 Å². The first-order valence-corrected chi connectivity index (χ1v) is 8.63. The molecule has 9 heteroatoms. The highest BCUT2D eigenvalue weighted by atomic mass is 35.5. The van der Waals surface area contributed by atoms with Crippen LogP contribution in [0.1, 0.15) is 0 Å². The Morgan fingerprint density at radius 3 is 2.60 bits per heavy atom.